The van der Waals surface area contributed by atoms with Crippen LogP contribution in [0.3, 0.4) is 0 Å². The normalized spacial score (nSPS) is 55.7. The highest BCUT2D eigenvalue weighted by Crippen LogP contribution is 2.69. The average Bonchev–Trinajstić information content (AvgIpc) is 2.62. The molecule has 0 radical (unpaired) electrons. The highest BCUT2D eigenvalue weighted by Gasteiger charge is 2.64. The molecule has 0 unspecified atom stereocenters. The van der Waals surface area contributed by atoms with E-state index >= 15 is 0 Å². The summed E-state index contributed by atoms with van der Waals surface area (Å²) in [6, 6.07) is 0. The van der Waals surface area contributed by atoms with Gasteiger partial charge in [0.2, 0.25) is 0 Å². The number of allylic oxidation sites excluding steroid dienone is 2. The highest BCUT2D eigenvalue weighted by atomic mass is 35.5. The van der Waals surface area contributed by atoms with Crippen LogP contribution in [0.4, 0.5) is 0 Å². The molecule has 1 heteroatoms. The zero-order valence-electron chi connectivity index (χ0n) is 9.96. The van der Waals surface area contributed by atoms with Gasteiger partial charge in [0.1, 0.15) is 0 Å². The fourth-order valence-corrected chi connectivity index (χ4v) is 4.69. The maximum Gasteiger partial charge on any atom is 0.0421 e. The lowest BCUT2D eigenvalue weighted by atomic mass is 9.76. The Morgan fingerprint density at radius 1 is 1.13 bits per heavy atom. The van der Waals surface area contributed by atoms with Gasteiger partial charge in [-0.05, 0) is 47.8 Å². The fraction of sp³-hybridized carbons (Fsp3) is 0.857. The molecule has 0 nitrogen and oxygen atoms in total. The molecular weight excluding hydrogens is 204 g/mol. The molecule has 0 aromatic heterocycles. The second kappa shape index (κ2) is 2.83. The summed E-state index contributed by atoms with van der Waals surface area (Å²) in [4.78, 5) is 0. The highest BCUT2D eigenvalue weighted by molar-refractivity contribution is 6.21. The van der Waals surface area contributed by atoms with Gasteiger partial charge in [-0.1, -0.05) is 32.9 Å². The minimum Gasteiger partial charge on any atom is -0.122 e. The molecule has 0 aromatic rings. The smallest absolute Gasteiger partial charge is 0.0421 e. The third-order valence-electron chi connectivity index (χ3n) is 5.35. The molecule has 84 valence electrons. The van der Waals surface area contributed by atoms with Crippen molar-refractivity contribution in [2.75, 3.05) is 0 Å². The summed E-state index contributed by atoms with van der Waals surface area (Å²) in [5.41, 5.74) is 0.881. The lowest BCUT2D eigenvalue weighted by Gasteiger charge is -2.31. The summed E-state index contributed by atoms with van der Waals surface area (Å²) in [5, 5.41) is 0.390. The monoisotopic (exact) mass is 224 g/mol. The molecule has 0 spiro atoms. The van der Waals surface area contributed by atoms with E-state index in [9.17, 15) is 0 Å². The first-order valence-corrected chi connectivity index (χ1v) is 6.69. The topological polar surface area (TPSA) is 0 Å². The second-order valence-electron chi connectivity index (χ2n) is 6.85. The molecule has 2 fully saturated rings. The molecule has 0 aromatic carbocycles. The van der Waals surface area contributed by atoms with Crippen LogP contribution in [-0.4, -0.2) is 5.38 Å². The summed E-state index contributed by atoms with van der Waals surface area (Å²) >= 11 is 6.68. The van der Waals surface area contributed by atoms with Crippen molar-refractivity contribution in [2.45, 2.75) is 45.4 Å². The summed E-state index contributed by atoms with van der Waals surface area (Å²) in [6.45, 7) is 7.19. The van der Waals surface area contributed by atoms with Crippen LogP contribution in [0.15, 0.2) is 12.2 Å². The Balaban J connectivity index is 1.97. The molecule has 2 saturated carbocycles. The van der Waals surface area contributed by atoms with Gasteiger partial charge < -0.3 is 0 Å². The van der Waals surface area contributed by atoms with E-state index in [0.29, 0.717) is 16.2 Å². The van der Waals surface area contributed by atoms with Crippen molar-refractivity contribution in [3.05, 3.63) is 12.2 Å². The summed E-state index contributed by atoms with van der Waals surface area (Å²) in [7, 11) is 0. The third-order valence-corrected chi connectivity index (χ3v) is 6.24. The molecule has 0 bridgehead atoms. The van der Waals surface area contributed by atoms with E-state index in [2.05, 4.69) is 32.9 Å². The summed E-state index contributed by atoms with van der Waals surface area (Å²) in [5.74, 6) is 2.48. The van der Waals surface area contributed by atoms with E-state index in [4.69, 9.17) is 11.6 Å². The van der Waals surface area contributed by atoms with Crippen LogP contribution in [0.25, 0.3) is 0 Å². The largest absolute Gasteiger partial charge is 0.122 e. The Morgan fingerprint density at radius 3 is 2.60 bits per heavy atom. The van der Waals surface area contributed by atoms with Crippen molar-refractivity contribution in [3.63, 3.8) is 0 Å². The van der Waals surface area contributed by atoms with E-state index < -0.39 is 0 Å². The van der Waals surface area contributed by atoms with Gasteiger partial charge in [-0.2, -0.15) is 0 Å². The summed E-state index contributed by atoms with van der Waals surface area (Å²) in [6.07, 6.45) is 8.82. The van der Waals surface area contributed by atoms with Gasteiger partial charge in [-0.3, -0.25) is 0 Å². The molecule has 3 aliphatic rings. The maximum absolute atomic E-state index is 6.68. The number of halogens is 1. The number of hydrogen-bond acceptors (Lipinski definition) is 0. The van der Waals surface area contributed by atoms with E-state index in [1.54, 1.807) is 0 Å². The molecule has 0 N–H and O–H groups in total. The minimum absolute atomic E-state index is 0.318. The van der Waals surface area contributed by atoms with Gasteiger partial charge in [-0.25, -0.2) is 0 Å². The van der Waals surface area contributed by atoms with Crippen LogP contribution in [0.2, 0.25) is 0 Å². The molecular formula is C14H21Cl. The number of fused-ring (bicyclic) bond motifs is 3. The summed E-state index contributed by atoms with van der Waals surface area (Å²) < 4.78 is 0. The van der Waals surface area contributed by atoms with Crippen molar-refractivity contribution < 1.29 is 0 Å². The molecule has 3 rings (SSSR count). The van der Waals surface area contributed by atoms with E-state index in [0.717, 1.165) is 17.8 Å². The molecule has 3 aliphatic carbocycles. The van der Waals surface area contributed by atoms with E-state index in [-0.39, 0.29) is 0 Å². The lowest BCUT2D eigenvalue weighted by Crippen LogP contribution is -2.27. The minimum atomic E-state index is 0.318. The quantitative estimate of drug-likeness (QED) is 0.427. The van der Waals surface area contributed by atoms with Gasteiger partial charge in [-0.15, -0.1) is 11.6 Å². The average molecular weight is 225 g/mol. The first-order chi connectivity index (χ1) is 6.95. The zero-order chi connectivity index (χ0) is 10.8. The first kappa shape index (κ1) is 10.2. The first-order valence-electron chi connectivity index (χ1n) is 6.26. The Kier molecular flexibility index (Phi) is 1.92. The van der Waals surface area contributed by atoms with Crippen molar-refractivity contribution in [2.24, 2.45) is 28.6 Å². The van der Waals surface area contributed by atoms with Crippen LogP contribution in [-0.2, 0) is 0 Å². The van der Waals surface area contributed by atoms with Crippen molar-refractivity contribution in [1.82, 2.24) is 0 Å². The molecule has 0 aliphatic heterocycles. The van der Waals surface area contributed by atoms with Crippen LogP contribution in [0.5, 0.6) is 0 Å². The second-order valence-corrected chi connectivity index (χ2v) is 7.32. The standard InChI is InChI=1S/C14H21Cl/c1-13(2)7-9-5-4-6-10(9)14(3)8-11(14)12(13)15/h4-5,9-12H,6-8H2,1-3H3/t9-,10+,11+,12-,14-/m0/s1. The van der Waals surface area contributed by atoms with Gasteiger partial charge in [0.25, 0.3) is 0 Å². The van der Waals surface area contributed by atoms with Crippen LogP contribution < -0.4 is 0 Å². The third kappa shape index (κ3) is 1.27. The van der Waals surface area contributed by atoms with Gasteiger partial charge in [0.15, 0.2) is 0 Å². The van der Waals surface area contributed by atoms with Crippen molar-refractivity contribution >= 4 is 11.6 Å². The van der Waals surface area contributed by atoms with Crippen LogP contribution >= 0.6 is 11.6 Å². The Labute approximate surface area is 98.1 Å². The Hall–Kier alpha value is 0.0300. The number of alkyl halides is 1. The lowest BCUT2D eigenvalue weighted by molar-refractivity contribution is 0.235. The predicted octanol–water partition coefficient (Wildman–Crippen LogP) is 4.24. The van der Waals surface area contributed by atoms with Gasteiger partial charge >= 0.3 is 0 Å². The SMILES string of the molecule is CC1(C)C[C@@H]2C=CC[C@H]2[C@]2(C)C[C@@H]2[C@@H]1Cl. The van der Waals surface area contributed by atoms with E-state index in [1.807, 2.05) is 0 Å². The van der Waals surface area contributed by atoms with Crippen molar-refractivity contribution in [3.8, 4) is 0 Å². The van der Waals surface area contributed by atoms with Crippen LogP contribution in [0, 0.1) is 28.6 Å². The van der Waals surface area contributed by atoms with E-state index in [1.165, 1.54) is 19.3 Å². The molecule has 0 saturated heterocycles. The Morgan fingerprint density at radius 2 is 1.87 bits per heavy atom. The molecule has 0 amide bonds. The maximum atomic E-state index is 6.68. The Bertz CT molecular complexity index is 317. The van der Waals surface area contributed by atoms with Gasteiger partial charge in [0.05, 0.1) is 0 Å². The number of hydrogen-bond donors (Lipinski definition) is 0. The molecule has 0 heterocycles. The predicted molar refractivity (Wildman–Crippen MR) is 65.0 cm³/mol. The molecule has 5 atom stereocenters. The van der Waals surface area contributed by atoms with Gasteiger partial charge in [0, 0.05) is 5.38 Å². The fourth-order valence-electron chi connectivity index (χ4n) is 4.22. The zero-order valence-corrected chi connectivity index (χ0v) is 10.7. The molecule has 15 heavy (non-hydrogen) atoms. The number of rotatable bonds is 0. The van der Waals surface area contributed by atoms with Crippen molar-refractivity contribution in [1.29, 1.82) is 0 Å². The van der Waals surface area contributed by atoms with Crippen LogP contribution in [0.1, 0.15) is 40.0 Å².